The maximum atomic E-state index is 5.72. The first kappa shape index (κ1) is 7.03. The van der Waals surface area contributed by atoms with E-state index in [4.69, 9.17) is 5.73 Å². The Labute approximate surface area is 70.0 Å². The Hall–Kier alpha value is -0.640. The smallest absolute Gasteiger partial charge is 0.148 e. The number of hydrogen-bond acceptors (Lipinski definition) is 3. The van der Waals surface area contributed by atoms with Crippen LogP contribution in [0.3, 0.4) is 0 Å². The summed E-state index contributed by atoms with van der Waals surface area (Å²) in [6.45, 7) is 0. The zero-order valence-corrected chi connectivity index (χ0v) is 7.32. The predicted octanol–water partition coefficient (Wildman–Crippen LogP) is 0.792. The topological polar surface area (TPSA) is 43.8 Å². The van der Waals surface area contributed by atoms with E-state index in [1.54, 1.807) is 0 Å². The molecule has 0 saturated heterocycles. The first-order chi connectivity index (χ1) is 5.29. The van der Waals surface area contributed by atoms with E-state index in [9.17, 15) is 0 Å². The number of nitrogens with two attached hydrogens (primary N) is 1. The van der Waals surface area contributed by atoms with E-state index >= 15 is 0 Å². The minimum Gasteiger partial charge on any atom is -0.382 e. The van der Waals surface area contributed by atoms with Crippen molar-refractivity contribution in [2.24, 2.45) is 7.05 Å². The number of anilines is 1. The van der Waals surface area contributed by atoms with Crippen LogP contribution in [0.15, 0.2) is 0 Å². The van der Waals surface area contributed by atoms with E-state index in [1.165, 1.54) is 17.0 Å². The lowest BCUT2D eigenvalue weighted by Gasteiger charge is -2.10. The molecule has 0 fully saturated rings. The van der Waals surface area contributed by atoms with Gasteiger partial charge in [-0.15, -0.1) is 0 Å². The van der Waals surface area contributed by atoms with Crippen molar-refractivity contribution < 1.29 is 0 Å². The molecule has 0 bridgehead atoms. The van der Waals surface area contributed by atoms with Crippen LogP contribution >= 0.6 is 11.8 Å². The molecule has 2 N–H and O–H groups in total. The van der Waals surface area contributed by atoms with Crippen molar-refractivity contribution >= 4 is 17.6 Å². The highest BCUT2D eigenvalue weighted by Crippen LogP contribution is 2.27. The molecule has 4 heteroatoms. The molecule has 0 unspecified atom stereocenters. The van der Waals surface area contributed by atoms with Crippen LogP contribution in [0.5, 0.6) is 0 Å². The summed E-state index contributed by atoms with van der Waals surface area (Å²) in [5.41, 5.74) is 8.30. The van der Waals surface area contributed by atoms with Crippen molar-refractivity contribution in [1.82, 2.24) is 9.78 Å². The molecule has 0 spiro atoms. The van der Waals surface area contributed by atoms with E-state index in [0.717, 1.165) is 18.0 Å². The van der Waals surface area contributed by atoms with Crippen LogP contribution < -0.4 is 5.73 Å². The fourth-order valence-electron chi connectivity index (χ4n) is 1.42. The standard InChI is InChI=1S/C7H11N3S/c1-10-6-4-11-3-2-5(6)7(8)9-10/h2-4H2,1H3,(H2,8,9). The van der Waals surface area contributed by atoms with Gasteiger partial charge >= 0.3 is 0 Å². The monoisotopic (exact) mass is 169 g/mol. The highest BCUT2D eigenvalue weighted by Gasteiger charge is 2.17. The summed E-state index contributed by atoms with van der Waals surface area (Å²) < 4.78 is 1.90. The Morgan fingerprint density at radius 1 is 1.64 bits per heavy atom. The number of fused-ring (bicyclic) bond motifs is 1. The van der Waals surface area contributed by atoms with Gasteiger partial charge in [0.15, 0.2) is 0 Å². The van der Waals surface area contributed by atoms with Gasteiger partial charge < -0.3 is 5.73 Å². The van der Waals surface area contributed by atoms with E-state index < -0.39 is 0 Å². The van der Waals surface area contributed by atoms with Gasteiger partial charge in [0.2, 0.25) is 0 Å². The van der Waals surface area contributed by atoms with E-state index in [2.05, 4.69) is 5.10 Å². The van der Waals surface area contributed by atoms with Gasteiger partial charge in [-0.3, -0.25) is 4.68 Å². The molecular formula is C7H11N3S. The minimum atomic E-state index is 0.725. The van der Waals surface area contributed by atoms with Gasteiger partial charge in [0, 0.05) is 18.4 Å². The van der Waals surface area contributed by atoms with Crippen LogP contribution in [0.1, 0.15) is 11.3 Å². The number of aromatic nitrogens is 2. The van der Waals surface area contributed by atoms with Gasteiger partial charge in [-0.25, -0.2) is 0 Å². The first-order valence-electron chi connectivity index (χ1n) is 3.67. The quantitative estimate of drug-likeness (QED) is 0.624. The lowest BCUT2D eigenvalue weighted by atomic mass is 10.2. The Bertz CT molecular complexity index is 253. The normalized spacial score (nSPS) is 16.5. The summed E-state index contributed by atoms with van der Waals surface area (Å²) in [6, 6.07) is 0. The Morgan fingerprint density at radius 2 is 2.45 bits per heavy atom. The molecule has 1 aromatic rings. The van der Waals surface area contributed by atoms with Gasteiger partial charge in [-0.1, -0.05) is 0 Å². The van der Waals surface area contributed by atoms with Crippen molar-refractivity contribution in [2.75, 3.05) is 11.5 Å². The molecule has 0 saturated carbocycles. The van der Waals surface area contributed by atoms with E-state index in [1.807, 2.05) is 23.5 Å². The van der Waals surface area contributed by atoms with Gasteiger partial charge in [0.1, 0.15) is 5.82 Å². The molecular weight excluding hydrogens is 158 g/mol. The summed E-state index contributed by atoms with van der Waals surface area (Å²) in [5, 5.41) is 4.17. The number of rotatable bonds is 0. The third-order valence-corrected chi connectivity index (χ3v) is 3.01. The van der Waals surface area contributed by atoms with Crippen LogP contribution in [0, 0.1) is 0 Å². The average molecular weight is 169 g/mol. The van der Waals surface area contributed by atoms with Crippen molar-refractivity contribution in [1.29, 1.82) is 0 Å². The van der Waals surface area contributed by atoms with Gasteiger partial charge in [0.25, 0.3) is 0 Å². The molecule has 1 aliphatic rings. The highest BCUT2D eigenvalue weighted by molar-refractivity contribution is 7.98. The van der Waals surface area contributed by atoms with Gasteiger partial charge in [-0.2, -0.15) is 16.9 Å². The van der Waals surface area contributed by atoms with Crippen molar-refractivity contribution in [2.45, 2.75) is 12.2 Å². The van der Waals surface area contributed by atoms with Crippen LogP contribution in [-0.4, -0.2) is 15.5 Å². The molecule has 1 aromatic heterocycles. The fraction of sp³-hybridized carbons (Fsp3) is 0.571. The number of aryl methyl sites for hydroxylation is 1. The Morgan fingerprint density at radius 3 is 3.18 bits per heavy atom. The van der Waals surface area contributed by atoms with Crippen LogP contribution in [0.25, 0.3) is 0 Å². The molecule has 3 nitrogen and oxygen atoms in total. The first-order valence-corrected chi connectivity index (χ1v) is 4.82. The number of thioether (sulfide) groups is 1. The zero-order chi connectivity index (χ0) is 7.84. The maximum absolute atomic E-state index is 5.72. The number of nitrogens with zero attached hydrogens (tertiary/aromatic N) is 2. The molecule has 0 aliphatic carbocycles. The Kier molecular flexibility index (Phi) is 1.56. The van der Waals surface area contributed by atoms with Crippen LogP contribution in [0.2, 0.25) is 0 Å². The molecule has 1 aliphatic heterocycles. The molecule has 0 aromatic carbocycles. The SMILES string of the molecule is Cn1nc(N)c2c1CSCC2. The summed E-state index contributed by atoms with van der Waals surface area (Å²) >= 11 is 1.95. The lowest BCUT2D eigenvalue weighted by molar-refractivity contribution is 0.735. The van der Waals surface area contributed by atoms with E-state index in [-0.39, 0.29) is 0 Å². The maximum Gasteiger partial charge on any atom is 0.148 e. The van der Waals surface area contributed by atoms with Gasteiger partial charge in [-0.05, 0) is 12.2 Å². The second-order valence-corrected chi connectivity index (χ2v) is 3.84. The molecule has 11 heavy (non-hydrogen) atoms. The number of hydrogen-bond donors (Lipinski definition) is 1. The summed E-state index contributed by atoms with van der Waals surface area (Å²) in [5.74, 6) is 2.97. The van der Waals surface area contributed by atoms with Crippen LogP contribution in [-0.2, 0) is 19.2 Å². The van der Waals surface area contributed by atoms with Crippen molar-refractivity contribution in [3.05, 3.63) is 11.3 Å². The Balaban J connectivity index is 2.52. The molecule has 0 atom stereocenters. The van der Waals surface area contributed by atoms with Gasteiger partial charge in [0.05, 0.1) is 5.69 Å². The van der Waals surface area contributed by atoms with E-state index in [0.29, 0.717) is 0 Å². The minimum absolute atomic E-state index is 0.725. The van der Waals surface area contributed by atoms with Crippen LogP contribution in [0.4, 0.5) is 5.82 Å². The summed E-state index contributed by atoms with van der Waals surface area (Å²) in [7, 11) is 1.96. The number of nitrogen functional groups attached to an aromatic ring is 1. The highest BCUT2D eigenvalue weighted by atomic mass is 32.2. The lowest BCUT2D eigenvalue weighted by Crippen LogP contribution is -2.05. The molecule has 2 rings (SSSR count). The second kappa shape index (κ2) is 2.44. The second-order valence-electron chi connectivity index (χ2n) is 2.74. The third kappa shape index (κ3) is 1.01. The molecule has 2 heterocycles. The summed E-state index contributed by atoms with van der Waals surface area (Å²) in [4.78, 5) is 0. The largest absolute Gasteiger partial charge is 0.382 e. The predicted molar refractivity (Wildman–Crippen MR) is 47.5 cm³/mol. The fourth-order valence-corrected chi connectivity index (χ4v) is 2.47. The van der Waals surface area contributed by atoms with Crippen molar-refractivity contribution in [3.8, 4) is 0 Å². The average Bonchev–Trinajstić information content (AvgIpc) is 2.30. The zero-order valence-electron chi connectivity index (χ0n) is 6.50. The molecule has 60 valence electrons. The molecule has 0 radical (unpaired) electrons. The summed E-state index contributed by atoms with van der Waals surface area (Å²) in [6.07, 6.45) is 1.08. The molecule has 0 amide bonds. The third-order valence-electron chi connectivity index (χ3n) is 2.04. The van der Waals surface area contributed by atoms with Crippen molar-refractivity contribution in [3.63, 3.8) is 0 Å².